The standard InChI is InChI=1S/C19H37N/c1-4-5-6-7-8-9-16-14-19(2,3)13-12-17(16)15-20-18-10-11-18/h16-18,20H,4-15H2,1-3H3. The maximum Gasteiger partial charge on any atom is 0.00683 e. The van der Waals surface area contributed by atoms with Crippen LogP contribution in [-0.4, -0.2) is 12.6 Å². The molecule has 1 N–H and O–H groups in total. The average molecular weight is 280 g/mol. The minimum Gasteiger partial charge on any atom is -0.314 e. The van der Waals surface area contributed by atoms with E-state index in [2.05, 4.69) is 26.1 Å². The molecule has 0 spiro atoms. The van der Waals surface area contributed by atoms with Gasteiger partial charge in [-0.25, -0.2) is 0 Å². The van der Waals surface area contributed by atoms with Crippen molar-refractivity contribution in [3.8, 4) is 0 Å². The fourth-order valence-electron chi connectivity index (χ4n) is 4.01. The second-order valence-electron chi connectivity index (χ2n) is 8.31. The Morgan fingerprint density at radius 2 is 1.70 bits per heavy atom. The number of rotatable bonds is 9. The van der Waals surface area contributed by atoms with Gasteiger partial charge in [-0.3, -0.25) is 0 Å². The molecule has 0 heterocycles. The van der Waals surface area contributed by atoms with Crippen molar-refractivity contribution in [1.29, 1.82) is 0 Å². The van der Waals surface area contributed by atoms with Gasteiger partial charge in [0.05, 0.1) is 0 Å². The van der Waals surface area contributed by atoms with Gasteiger partial charge < -0.3 is 5.32 Å². The normalized spacial score (nSPS) is 29.6. The molecule has 0 saturated heterocycles. The van der Waals surface area contributed by atoms with Gasteiger partial charge in [0, 0.05) is 6.04 Å². The summed E-state index contributed by atoms with van der Waals surface area (Å²) < 4.78 is 0. The van der Waals surface area contributed by atoms with E-state index in [1.54, 1.807) is 0 Å². The summed E-state index contributed by atoms with van der Waals surface area (Å²) in [5, 5.41) is 3.79. The van der Waals surface area contributed by atoms with Gasteiger partial charge >= 0.3 is 0 Å². The molecule has 1 nitrogen and oxygen atoms in total. The van der Waals surface area contributed by atoms with E-state index in [4.69, 9.17) is 0 Å². The first-order valence-corrected chi connectivity index (χ1v) is 9.34. The molecule has 2 aliphatic rings. The smallest absolute Gasteiger partial charge is 0.00683 e. The van der Waals surface area contributed by atoms with E-state index in [-0.39, 0.29) is 0 Å². The van der Waals surface area contributed by atoms with Crippen LogP contribution in [0.3, 0.4) is 0 Å². The molecule has 0 aromatic heterocycles. The van der Waals surface area contributed by atoms with Crippen LogP contribution in [0.25, 0.3) is 0 Å². The van der Waals surface area contributed by atoms with E-state index in [0.717, 1.165) is 17.9 Å². The highest BCUT2D eigenvalue weighted by atomic mass is 14.9. The summed E-state index contributed by atoms with van der Waals surface area (Å²) in [7, 11) is 0. The summed E-state index contributed by atoms with van der Waals surface area (Å²) in [5.74, 6) is 1.96. The molecule has 2 aliphatic carbocycles. The van der Waals surface area contributed by atoms with Crippen LogP contribution in [0.2, 0.25) is 0 Å². The van der Waals surface area contributed by atoms with Gasteiger partial charge in [-0.05, 0) is 55.9 Å². The SMILES string of the molecule is CCCCCCCC1CC(C)(C)CCC1CNC1CC1. The van der Waals surface area contributed by atoms with Crippen LogP contribution >= 0.6 is 0 Å². The number of hydrogen-bond acceptors (Lipinski definition) is 1. The van der Waals surface area contributed by atoms with Crippen molar-refractivity contribution in [2.24, 2.45) is 17.3 Å². The first-order valence-electron chi connectivity index (χ1n) is 9.34. The van der Waals surface area contributed by atoms with Crippen LogP contribution in [-0.2, 0) is 0 Å². The molecule has 1 heteroatoms. The maximum atomic E-state index is 3.79. The van der Waals surface area contributed by atoms with Gasteiger partial charge in [0.15, 0.2) is 0 Å². The topological polar surface area (TPSA) is 12.0 Å². The third-order valence-electron chi connectivity index (χ3n) is 5.60. The second-order valence-corrected chi connectivity index (χ2v) is 8.31. The summed E-state index contributed by atoms with van der Waals surface area (Å²) in [6.45, 7) is 8.59. The van der Waals surface area contributed by atoms with Crippen LogP contribution < -0.4 is 5.32 Å². The van der Waals surface area contributed by atoms with Gasteiger partial charge in [0.2, 0.25) is 0 Å². The summed E-state index contributed by atoms with van der Waals surface area (Å²) in [6, 6.07) is 0.884. The monoisotopic (exact) mass is 279 g/mol. The zero-order chi connectivity index (χ0) is 14.4. The Hall–Kier alpha value is -0.0400. The van der Waals surface area contributed by atoms with Gasteiger partial charge in [0.1, 0.15) is 0 Å². The van der Waals surface area contributed by atoms with E-state index in [9.17, 15) is 0 Å². The lowest BCUT2D eigenvalue weighted by Gasteiger charge is -2.41. The number of unbranched alkanes of at least 4 members (excludes halogenated alkanes) is 4. The van der Waals surface area contributed by atoms with Crippen LogP contribution in [0, 0.1) is 17.3 Å². The molecule has 2 atom stereocenters. The third kappa shape index (κ3) is 5.76. The highest BCUT2D eigenvalue weighted by Gasteiger charge is 2.35. The van der Waals surface area contributed by atoms with E-state index in [1.807, 2.05) is 0 Å². The van der Waals surface area contributed by atoms with Crippen LogP contribution in [0.5, 0.6) is 0 Å². The Balaban J connectivity index is 1.72. The molecule has 0 amide bonds. The van der Waals surface area contributed by atoms with Gasteiger partial charge in [0.25, 0.3) is 0 Å². The van der Waals surface area contributed by atoms with Gasteiger partial charge in [-0.15, -0.1) is 0 Å². The summed E-state index contributed by atoms with van der Waals surface area (Å²) in [5.41, 5.74) is 0.601. The van der Waals surface area contributed by atoms with Crippen molar-refractivity contribution in [2.45, 2.75) is 97.4 Å². The van der Waals surface area contributed by atoms with Crippen molar-refractivity contribution in [1.82, 2.24) is 5.32 Å². The lowest BCUT2D eigenvalue weighted by molar-refractivity contribution is 0.107. The Labute approximate surface area is 127 Å². The lowest BCUT2D eigenvalue weighted by atomic mass is 9.66. The van der Waals surface area contributed by atoms with Gasteiger partial charge in [-0.2, -0.15) is 0 Å². The summed E-state index contributed by atoms with van der Waals surface area (Å²) in [6.07, 6.45) is 15.9. The molecule has 0 aromatic rings. The molecule has 118 valence electrons. The Morgan fingerprint density at radius 1 is 0.950 bits per heavy atom. The molecule has 0 aromatic carbocycles. The molecule has 2 unspecified atom stereocenters. The molecule has 0 radical (unpaired) electrons. The average Bonchev–Trinajstić information content (AvgIpc) is 3.21. The fourth-order valence-corrected chi connectivity index (χ4v) is 4.01. The molecule has 2 fully saturated rings. The molecular weight excluding hydrogens is 242 g/mol. The maximum absolute atomic E-state index is 3.79. The Kier molecular flexibility index (Phi) is 6.39. The van der Waals surface area contributed by atoms with Crippen molar-refractivity contribution in [2.75, 3.05) is 6.54 Å². The molecule has 0 aliphatic heterocycles. The van der Waals surface area contributed by atoms with Crippen LogP contribution in [0.1, 0.15) is 91.4 Å². The zero-order valence-electron chi connectivity index (χ0n) is 14.2. The van der Waals surface area contributed by atoms with Crippen molar-refractivity contribution < 1.29 is 0 Å². The quantitative estimate of drug-likeness (QED) is 0.546. The number of hydrogen-bond donors (Lipinski definition) is 1. The second kappa shape index (κ2) is 7.82. The Bertz CT molecular complexity index is 265. The van der Waals surface area contributed by atoms with Gasteiger partial charge in [-0.1, -0.05) is 59.3 Å². The summed E-state index contributed by atoms with van der Waals surface area (Å²) in [4.78, 5) is 0. The minimum absolute atomic E-state index is 0.601. The molecule has 2 saturated carbocycles. The molecule has 20 heavy (non-hydrogen) atoms. The van der Waals surface area contributed by atoms with Crippen LogP contribution in [0.15, 0.2) is 0 Å². The highest BCUT2D eigenvalue weighted by molar-refractivity contribution is 4.88. The lowest BCUT2D eigenvalue weighted by Crippen LogP contribution is -2.36. The first-order chi connectivity index (χ1) is 9.61. The fraction of sp³-hybridized carbons (Fsp3) is 1.00. The number of nitrogens with one attached hydrogen (secondary N) is 1. The van der Waals surface area contributed by atoms with Crippen molar-refractivity contribution in [3.63, 3.8) is 0 Å². The molecule has 0 bridgehead atoms. The van der Waals surface area contributed by atoms with Crippen molar-refractivity contribution >= 4 is 0 Å². The molecular formula is C19H37N. The first kappa shape index (κ1) is 16.3. The van der Waals surface area contributed by atoms with Crippen molar-refractivity contribution in [3.05, 3.63) is 0 Å². The minimum atomic E-state index is 0.601. The van der Waals surface area contributed by atoms with E-state index in [0.29, 0.717) is 5.41 Å². The summed E-state index contributed by atoms with van der Waals surface area (Å²) >= 11 is 0. The largest absolute Gasteiger partial charge is 0.314 e. The van der Waals surface area contributed by atoms with E-state index in [1.165, 1.54) is 77.2 Å². The Morgan fingerprint density at radius 3 is 2.40 bits per heavy atom. The molecule has 2 rings (SSSR count). The third-order valence-corrected chi connectivity index (χ3v) is 5.60. The predicted molar refractivity (Wildman–Crippen MR) is 89.0 cm³/mol. The highest BCUT2D eigenvalue weighted by Crippen LogP contribution is 2.43. The van der Waals surface area contributed by atoms with E-state index < -0.39 is 0 Å². The zero-order valence-corrected chi connectivity index (χ0v) is 14.2. The van der Waals surface area contributed by atoms with E-state index >= 15 is 0 Å². The van der Waals surface area contributed by atoms with Crippen LogP contribution in [0.4, 0.5) is 0 Å². The predicted octanol–water partition coefficient (Wildman–Crippen LogP) is 5.54.